The Morgan fingerprint density at radius 2 is 1.86 bits per heavy atom. The first-order valence-corrected chi connectivity index (χ1v) is 10.8. The highest BCUT2D eigenvalue weighted by atomic mass is 35.5. The minimum atomic E-state index is -0.925. The molecule has 29 heavy (non-hydrogen) atoms. The zero-order valence-corrected chi connectivity index (χ0v) is 18.5. The molecule has 2 unspecified atom stereocenters. The van der Waals surface area contributed by atoms with Crippen molar-refractivity contribution in [1.82, 2.24) is 4.90 Å². The van der Waals surface area contributed by atoms with Crippen LogP contribution in [0.5, 0.6) is 5.75 Å². The summed E-state index contributed by atoms with van der Waals surface area (Å²) >= 11 is 6.49. The van der Waals surface area contributed by atoms with Crippen molar-refractivity contribution in [2.75, 3.05) is 27.7 Å². The molecule has 0 bridgehead atoms. The van der Waals surface area contributed by atoms with Gasteiger partial charge in [-0.25, -0.2) is 0 Å². The molecule has 0 heterocycles. The van der Waals surface area contributed by atoms with E-state index in [2.05, 4.69) is 25.1 Å². The van der Waals surface area contributed by atoms with Crippen LogP contribution in [0, 0.1) is 5.92 Å². The molecule has 2 aromatic carbocycles. The van der Waals surface area contributed by atoms with E-state index >= 15 is 0 Å². The Morgan fingerprint density at radius 1 is 1.14 bits per heavy atom. The summed E-state index contributed by atoms with van der Waals surface area (Å²) in [5.41, 5.74) is 2.27. The second-order valence-corrected chi connectivity index (χ2v) is 8.75. The quantitative estimate of drug-likeness (QED) is 0.638. The van der Waals surface area contributed by atoms with Crippen LogP contribution >= 0.6 is 11.6 Å². The number of aliphatic hydroxyl groups is 1. The van der Waals surface area contributed by atoms with Gasteiger partial charge in [-0.1, -0.05) is 54.4 Å². The van der Waals surface area contributed by atoms with Crippen molar-refractivity contribution in [3.63, 3.8) is 0 Å². The third kappa shape index (κ3) is 5.42. The minimum absolute atomic E-state index is 0.153. The van der Waals surface area contributed by atoms with Crippen molar-refractivity contribution >= 4 is 17.7 Å². The van der Waals surface area contributed by atoms with Gasteiger partial charge >= 0.3 is 0 Å². The highest BCUT2D eigenvalue weighted by Crippen LogP contribution is 2.41. The van der Waals surface area contributed by atoms with Gasteiger partial charge < -0.3 is 14.7 Å². The van der Waals surface area contributed by atoms with Gasteiger partial charge in [0.2, 0.25) is 0 Å². The lowest BCUT2D eigenvalue weighted by Gasteiger charge is -2.39. The molecule has 0 spiro atoms. The van der Waals surface area contributed by atoms with Gasteiger partial charge in [-0.15, -0.1) is 0 Å². The molecule has 1 aliphatic rings. The van der Waals surface area contributed by atoms with E-state index in [0.29, 0.717) is 6.42 Å². The van der Waals surface area contributed by atoms with Crippen LogP contribution in [0.1, 0.15) is 36.8 Å². The van der Waals surface area contributed by atoms with E-state index in [1.165, 1.54) is 0 Å². The Morgan fingerprint density at radius 3 is 2.52 bits per heavy atom. The molecule has 0 radical (unpaired) electrons. The lowest BCUT2D eigenvalue weighted by atomic mass is 9.74. The Labute approximate surface area is 180 Å². The summed E-state index contributed by atoms with van der Waals surface area (Å²) in [6, 6.07) is 15.9. The third-order valence-corrected chi connectivity index (χ3v) is 6.31. The minimum Gasteiger partial charge on any atom is -0.497 e. The molecular formula is C25H32ClNO2. The van der Waals surface area contributed by atoms with Gasteiger partial charge in [-0.3, -0.25) is 0 Å². The lowest BCUT2D eigenvalue weighted by molar-refractivity contribution is 0.00518. The van der Waals surface area contributed by atoms with E-state index in [1.54, 1.807) is 7.11 Å². The van der Waals surface area contributed by atoms with Gasteiger partial charge in [0.05, 0.1) is 12.7 Å². The SMILES string of the molecule is COc1ccc(/C=C2\CCCCC(CN(C)C)C2(O)Cc2ccccc2Cl)cc1. The first kappa shape index (κ1) is 21.9. The highest BCUT2D eigenvalue weighted by Gasteiger charge is 2.41. The normalized spacial score (nSPS) is 23.9. The first-order valence-electron chi connectivity index (χ1n) is 10.4. The van der Waals surface area contributed by atoms with Gasteiger partial charge in [-0.05, 0) is 68.3 Å². The molecule has 3 nitrogen and oxygen atoms in total. The summed E-state index contributed by atoms with van der Waals surface area (Å²) < 4.78 is 5.28. The van der Waals surface area contributed by atoms with E-state index in [-0.39, 0.29) is 5.92 Å². The van der Waals surface area contributed by atoms with Crippen LogP contribution in [0.3, 0.4) is 0 Å². The number of halogens is 1. The molecule has 0 aliphatic heterocycles. The zero-order chi connectivity index (χ0) is 20.9. The fourth-order valence-electron chi connectivity index (χ4n) is 4.40. The van der Waals surface area contributed by atoms with Crippen LogP contribution in [0.2, 0.25) is 5.02 Å². The predicted octanol–water partition coefficient (Wildman–Crippen LogP) is 5.46. The van der Waals surface area contributed by atoms with Crippen LogP contribution in [-0.2, 0) is 6.42 Å². The van der Waals surface area contributed by atoms with E-state index in [4.69, 9.17) is 16.3 Å². The summed E-state index contributed by atoms with van der Waals surface area (Å²) in [6.45, 7) is 0.848. The molecule has 1 N–H and O–H groups in total. The summed E-state index contributed by atoms with van der Waals surface area (Å²) in [4.78, 5) is 2.18. The number of nitrogens with zero attached hydrogens (tertiary/aromatic N) is 1. The summed E-state index contributed by atoms with van der Waals surface area (Å²) in [6.07, 6.45) is 6.84. The summed E-state index contributed by atoms with van der Waals surface area (Å²) in [5.74, 6) is 0.991. The Hall–Kier alpha value is -1.81. The molecule has 1 aliphatic carbocycles. The third-order valence-electron chi connectivity index (χ3n) is 5.94. The predicted molar refractivity (Wildman–Crippen MR) is 122 cm³/mol. The van der Waals surface area contributed by atoms with Crippen LogP contribution in [-0.4, -0.2) is 43.4 Å². The van der Waals surface area contributed by atoms with Crippen LogP contribution in [0.25, 0.3) is 6.08 Å². The summed E-state index contributed by atoms with van der Waals surface area (Å²) in [5, 5.41) is 12.9. The Bertz CT molecular complexity index is 831. The number of rotatable bonds is 6. The lowest BCUT2D eigenvalue weighted by Crippen LogP contribution is -2.45. The van der Waals surface area contributed by atoms with Crippen molar-refractivity contribution in [3.8, 4) is 5.75 Å². The van der Waals surface area contributed by atoms with Crippen molar-refractivity contribution in [3.05, 3.63) is 70.3 Å². The topological polar surface area (TPSA) is 32.7 Å². The zero-order valence-electron chi connectivity index (χ0n) is 17.7. The number of hydrogen-bond acceptors (Lipinski definition) is 3. The van der Waals surface area contributed by atoms with Crippen LogP contribution in [0.4, 0.5) is 0 Å². The van der Waals surface area contributed by atoms with Gasteiger partial charge in [0.25, 0.3) is 0 Å². The number of hydrogen-bond donors (Lipinski definition) is 1. The first-order chi connectivity index (χ1) is 13.9. The summed E-state index contributed by atoms with van der Waals surface area (Å²) in [7, 11) is 5.83. The van der Waals surface area contributed by atoms with Crippen LogP contribution < -0.4 is 4.74 Å². The standard InChI is InChI=1S/C25H32ClNO2/c1-27(2)18-22-10-6-5-9-21(16-19-12-14-23(29-3)15-13-19)25(22,28)17-20-8-4-7-11-24(20)26/h4,7-8,11-16,22,28H,5-6,9-10,17-18H2,1-3H3/b21-16+. The number of benzene rings is 2. The van der Waals surface area contributed by atoms with E-state index in [0.717, 1.165) is 59.7 Å². The molecule has 156 valence electrons. The van der Waals surface area contributed by atoms with E-state index in [1.807, 2.05) is 48.5 Å². The molecule has 1 fully saturated rings. The number of ether oxygens (including phenoxy) is 1. The van der Waals surface area contributed by atoms with E-state index in [9.17, 15) is 5.11 Å². The average molecular weight is 414 g/mol. The van der Waals surface area contributed by atoms with Gasteiger partial charge in [0.15, 0.2) is 0 Å². The molecule has 0 aromatic heterocycles. The van der Waals surface area contributed by atoms with Crippen molar-refractivity contribution in [2.24, 2.45) is 5.92 Å². The highest BCUT2D eigenvalue weighted by molar-refractivity contribution is 6.31. The fourth-order valence-corrected chi connectivity index (χ4v) is 4.60. The largest absolute Gasteiger partial charge is 0.497 e. The Kier molecular flexibility index (Phi) is 7.39. The van der Waals surface area contributed by atoms with Crippen molar-refractivity contribution in [1.29, 1.82) is 0 Å². The Balaban J connectivity index is 2.03. The van der Waals surface area contributed by atoms with Gasteiger partial charge in [-0.2, -0.15) is 0 Å². The van der Waals surface area contributed by atoms with Gasteiger partial charge in [0.1, 0.15) is 5.75 Å². The van der Waals surface area contributed by atoms with Gasteiger partial charge in [0, 0.05) is 23.9 Å². The molecule has 0 saturated heterocycles. The molecule has 2 aromatic rings. The second kappa shape index (κ2) is 9.80. The maximum Gasteiger partial charge on any atom is 0.118 e. The maximum absolute atomic E-state index is 12.2. The average Bonchev–Trinajstić information content (AvgIpc) is 2.84. The molecule has 2 atom stereocenters. The molecule has 4 heteroatoms. The number of methoxy groups -OCH3 is 1. The maximum atomic E-state index is 12.2. The second-order valence-electron chi connectivity index (χ2n) is 8.34. The molecule has 1 saturated carbocycles. The van der Waals surface area contributed by atoms with Crippen LogP contribution in [0.15, 0.2) is 54.1 Å². The monoisotopic (exact) mass is 413 g/mol. The van der Waals surface area contributed by atoms with Crippen molar-refractivity contribution in [2.45, 2.75) is 37.7 Å². The van der Waals surface area contributed by atoms with E-state index < -0.39 is 5.60 Å². The molecule has 3 rings (SSSR count). The smallest absolute Gasteiger partial charge is 0.118 e. The fraction of sp³-hybridized carbons (Fsp3) is 0.440. The van der Waals surface area contributed by atoms with Crippen molar-refractivity contribution < 1.29 is 9.84 Å². The molecule has 0 amide bonds. The molecular weight excluding hydrogens is 382 g/mol.